The summed E-state index contributed by atoms with van der Waals surface area (Å²) in [6, 6.07) is 11.2. The van der Waals surface area contributed by atoms with Crippen LogP contribution in [0.2, 0.25) is 0 Å². The Hall–Kier alpha value is -2.66. The van der Waals surface area contributed by atoms with Crippen LogP contribution in [0.15, 0.2) is 51.4 Å². The Morgan fingerprint density at radius 2 is 1.58 bits per heavy atom. The van der Waals surface area contributed by atoms with Crippen LogP contribution >= 0.6 is 31.9 Å². The van der Waals surface area contributed by atoms with E-state index in [4.69, 9.17) is 5.11 Å². The molecule has 0 spiro atoms. The number of nitrogens with zero attached hydrogens (tertiary/aromatic N) is 3. The third kappa shape index (κ3) is 6.48. The van der Waals surface area contributed by atoms with Crippen molar-refractivity contribution in [1.29, 1.82) is 0 Å². The van der Waals surface area contributed by atoms with Crippen molar-refractivity contribution in [3.63, 3.8) is 0 Å². The van der Waals surface area contributed by atoms with Crippen molar-refractivity contribution >= 4 is 55.6 Å². The van der Waals surface area contributed by atoms with Crippen LogP contribution in [0.4, 0.5) is 19.7 Å². The molecule has 2 aromatic carbocycles. The second-order valence-corrected chi connectivity index (χ2v) is 11.9. The highest BCUT2D eigenvalue weighted by Crippen LogP contribution is 2.35. The van der Waals surface area contributed by atoms with Gasteiger partial charge in [0.1, 0.15) is 5.82 Å². The van der Waals surface area contributed by atoms with Crippen LogP contribution in [-0.4, -0.2) is 72.2 Å². The number of amides is 4. The zero-order valence-electron chi connectivity index (χ0n) is 21.2. The Kier molecular flexibility index (Phi) is 8.97. The Balaban J connectivity index is 1.52. The number of hydrogen-bond donors (Lipinski definition) is 2. The Bertz CT molecular complexity index is 1170. The number of halogens is 3. The number of urea groups is 1. The minimum Gasteiger partial charge on any atom is -0.465 e. The normalized spacial score (nSPS) is 23.1. The summed E-state index contributed by atoms with van der Waals surface area (Å²) in [6.07, 6.45) is 1.42. The number of nitrogens with one attached hydrogen (secondary N) is 1. The molecule has 1 aliphatic heterocycles. The lowest BCUT2D eigenvalue weighted by atomic mass is 9.85. The lowest BCUT2D eigenvalue weighted by molar-refractivity contribution is -0.135. The number of likely N-dealkylation sites (tertiary alicyclic amines) is 1. The van der Waals surface area contributed by atoms with E-state index in [1.165, 1.54) is 12.1 Å². The van der Waals surface area contributed by atoms with Crippen molar-refractivity contribution in [3.8, 4) is 0 Å². The molecule has 1 saturated carbocycles. The molecule has 0 aromatic heterocycles. The summed E-state index contributed by atoms with van der Waals surface area (Å²) >= 11 is 6.93. The first-order valence-corrected chi connectivity index (χ1v) is 14.1. The number of rotatable bonds is 5. The number of carboxylic acid groups (broad SMARTS) is 1. The first-order chi connectivity index (χ1) is 18.0. The summed E-state index contributed by atoms with van der Waals surface area (Å²) in [4.78, 5) is 43.1. The average molecular weight is 654 g/mol. The van der Waals surface area contributed by atoms with E-state index in [0.29, 0.717) is 44.5 Å². The van der Waals surface area contributed by atoms with Gasteiger partial charge in [0, 0.05) is 59.7 Å². The quantitative estimate of drug-likeness (QED) is 0.436. The van der Waals surface area contributed by atoms with Crippen LogP contribution < -0.4 is 10.2 Å². The van der Waals surface area contributed by atoms with Gasteiger partial charge < -0.3 is 20.2 Å². The van der Waals surface area contributed by atoms with Crippen LogP contribution in [0.5, 0.6) is 0 Å². The molecule has 1 aliphatic carbocycles. The van der Waals surface area contributed by atoms with E-state index >= 15 is 0 Å². The van der Waals surface area contributed by atoms with Gasteiger partial charge in [0.25, 0.3) is 0 Å². The molecule has 2 fully saturated rings. The van der Waals surface area contributed by atoms with E-state index in [1.54, 1.807) is 36.0 Å². The number of likely N-dealkylation sites (N-methyl/N-ethyl adjacent to an activating group) is 1. The first kappa shape index (κ1) is 28.4. The van der Waals surface area contributed by atoms with Crippen LogP contribution in [0.1, 0.15) is 37.2 Å². The van der Waals surface area contributed by atoms with Gasteiger partial charge in [0.05, 0.1) is 6.04 Å². The molecule has 204 valence electrons. The Labute approximate surface area is 238 Å². The molecule has 2 aliphatic rings. The summed E-state index contributed by atoms with van der Waals surface area (Å²) in [5, 5.41) is 11.5. The number of carbonyl (C=O) groups excluding carboxylic acids is 2. The summed E-state index contributed by atoms with van der Waals surface area (Å²) in [7, 11) is 3.45. The summed E-state index contributed by atoms with van der Waals surface area (Å²) in [6.45, 7) is 0.790. The summed E-state index contributed by atoms with van der Waals surface area (Å²) in [5.74, 6) is -0.677. The van der Waals surface area contributed by atoms with Crippen LogP contribution in [0.3, 0.4) is 0 Å². The van der Waals surface area contributed by atoms with Gasteiger partial charge in [-0.25, -0.2) is 14.0 Å². The van der Waals surface area contributed by atoms with E-state index in [-0.39, 0.29) is 41.7 Å². The van der Waals surface area contributed by atoms with Crippen LogP contribution in [-0.2, 0) is 4.79 Å². The molecule has 0 radical (unpaired) electrons. The average Bonchev–Trinajstić information content (AvgIpc) is 3.32. The van der Waals surface area contributed by atoms with Crippen molar-refractivity contribution in [2.24, 2.45) is 5.92 Å². The van der Waals surface area contributed by atoms with Gasteiger partial charge in [-0.2, -0.15) is 0 Å². The lowest BCUT2D eigenvalue weighted by Crippen LogP contribution is -2.48. The van der Waals surface area contributed by atoms with Gasteiger partial charge in [-0.3, -0.25) is 9.69 Å². The topological polar surface area (TPSA) is 93.2 Å². The maximum atomic E-state index is 13.7. The standard InChI is InChI=1S/C27H31Br2FN4O4/c1-32(22-12-18(28)11-19(29)13-22)27(38)33(2)24-15-34(14-23(24)16-3-7-20(30)8-4-16)25(35)17-5-9-21(10-6-17)31-26(36)37/h3-4,7-8,11-13,17,21,23-24,31H,5-6,9-10,14-15H2,1-2H3,(H,36,37)/t17-,21-,23-,24+/m0/s1. The fourth-order valence-electron chi connectivity index (χ4n) is 5.54. The fourth-order valence-corrected chi connectivity index (χ4v) is 6.81. The SMILES string of the molecule is CN(C(=O)N(C)[C@@H]1CN(C(=O)[C@H]2CC[C@H](NC(=O)O)CC2)C[C@H]1c1ccc(F)cc1)c1cc(Br)cc(Br)c1. The van der Waals surface area contributed by atoms with Crippen LogP contribution in [0.25, 0.3) is 0 Å². The van der Waals surface area contributed by atoms with Gasteiger partial charge in [-0.05, 0) is 61.6 Å². The maximum absolute atomic E-state index is 13.7. The van der Waals surface area contributed by atoms with Gasteiger partial charge in [0.2, 0.25) is 5.91 Å². The molecular formula is C27H31Br2FN4O4. The molecule has 2 N–H and O–H groups in total. The van der Waals surface area contributed by atoms with Crippen molar-refractivity contribution < 1.29 is 23.9 Å². The van der Waals surface area contributed by atoms with Crippen molar-refractivity contribution in [1.82, 2.24) is 15.1 Å². The second kappa shape index (κ2) is 12.0. The maximum Gasteiger partial charge on any atom is 0.404 e. The molecule has 38 heavy (non-hydrogen) atoms. The number of hydrogen-bond acceptors (Lipinski definition) is 3. The third-order valence-electron chi connectivity index (χ3n) is 7.62. The fraction of sp³-hybridized carbons (Fsp3) is 0.444. The lowest BCUT2D eigenvalue weighted by Gasteiger charge is -2.33. The van der Waals surface area contributed by atoms with Gasteiger partial charge >= 0.3 is 12.1 Å². The number of benzene rings is 2. The van der Waals surface area contributed by atoms with E-state index in [0.717, 1.165) is 14.5 Å². The minimum absolute atomic E-state index is 0.0264. The predicted molar refractivity (Wildman–Crippen MR) is 150 cm³/mol. The minimum atomic E-state index is -1.04. The number of anilines is 1. The highest BCUT2D eigenvalue weighted by Gasteiger charge is 2.42. The molecule has 11 heteroatoms. The molecule has 2 aromatic rings. The zero-order valence-corrected chi connectivity index (χ0v) is 24.4. The number of carbonyl (C=O) groups is 3. The van der Waals surface area contributed by atoms with Crippen molar-refractivity contribution in [2.75, 3.05) is 32.1 Å². The summed E-state index contributed by atoms with van der Waals surface area (Å²) < 4.78 is 15.4. The molecule has 0 bridgehead atoms. The molecule has 2 atom stereocenters. The monoisotopic (exact) mass is 652 g/mol. The van der Waals surface area contributed by atoms with E-state index in [9.17, 15) is 18.8 Å². The van der Waals surface area contributed by atoms with Gasteiger partial charge in [-0.1, -0.05) is 44.0 Å². The highest BCUT2D eigenvalue weighted by atomic mass is 79.9. The van der Waals surface area contributed by atoms with E-state index in [1.807, 2.05) is 23.1 Å². The zero-order chi connectivity index (χ0) is 27.6. The molecule has 4 amide bonds. The largest absolute Gasteiger partial charge is 0.465 e. The van der Waals surface area contributed by atoms with Crippen LogP contribution in [0, 0.1) is 11.7 Å². The highest BCUT2D eigenvalue weighted by molar-refractivity contribution is 9.11. The molecule has 8 nitrogen and oxygen atoms in total. The molecular weight excluding hydrogens is 623 g/mol. The van der Waals surface area contributed by atoms with E-state index < -0.39 is 6.09 Å². The summed E-state index contributed by atoms with van der Waals surface area (Å²) in [5.41, 5.74) is 1.58. The van der Waals surface area contributed by atoms with E-state index in [2.05, 4.69) is 37.2 Å². The second-order valence-electron chi connectivity index (χ2n) is 10.0. The third-order valence-corrected chi connectivity index (χ3v) is 8.54. The molecule has 1 saturated heterocycles. The van der Waals surface area contributed by atoms with Gasteiger partial charge in [-0.15, -0.1) is 0 Å². The van der Waals surface area contributed by atoms with Crippen molar-refractivity contribution in [2.45, 2.75) is 43.7 Å². The Morgan fingerprint density at radius 3 is 2.16 bits per heavy atom. The molecule has 0 unspecified atom stereocenters. The first-order valence-electron chi connectivity index (χ1n) is 12.5. The predicted octanol–water partition coefficient (Wildman–Crippen LogP) is 5.66. The molecule has 4 rings (SSSR count). The van der Waals surface area contributed by atoms with Gasteiger partial charge in [0.15, 0.2) is 0 Å². The molecule has 1 heterocycles. The Morgan fingerprint density at radius 1 is 0.974 bits per heavy atom. The smallest absolute Gasteiger partial charge is 0.404 e. The van der Waals surface area contributed by atoms with Crippen molar-refractivity contribution in [3.05, 3.63) is 62.8 Å².